The van der Waals surface area contributed by atoms with Crippen molar-refractivity contribution in [3.8, 4) is 5.75 Å². The lowest BCUT2D eigenvalue weighted by Gasteiger charge is -2.09. The third-order valence-corrected chi connectivity index (χ3v) is 3.04. The van der Waals surface area contributed by atoms with Gasteiger partial charge in [0.25, 0.3) is 5.56 Å². The minimum Gasteiger partial charge on any atom is -0.487 e. The number of nitrogen functional groups attached to an aromatic ring is 1. The molecule has 0 aliphatic carbocycles. The minimum absolute atomic E-state index is 0.223. The van der Waals surface area contributed by atoms with Gasteiger partial charge in [0.15, 0.2) is 5.52 Å². The molecule has 0 spiro atoms. The van der Waals surface area contributed by atoms with E-state index in [0.717, 1.165) is 15.8 Å². The average Bonchev–Trinajstić information content (AvgIpc) is 2.83. The van der Waals surface area contributed by atoms with Gasteiger partial charge in [0.2, 0.25) is 0 Å². The first-order valence-corrected chi connectivity index (χ1v) is 6.16. The fourth-order valence-corrected chi connectivity index (χ4v) is 2.06. The van der Waals surface area contributed by atoms with Crippen LogP contribution in [0.2, 0.25) is 0 Å². The molecule has 6 heteroatoms. The summed E-state index contributed by atoms with van der Waals surface area (Å²) >= 11 is 0. The zero-order chi connectivity index (χ0) is 14.1. The first kappa shape index (κ1) is 12.3. The Kier molecular flexibility index (Phi) is 2.90. The molecule has 2 N–H and O–H groups in total. The number of ether oxygens (including phenoxy) is 1. The Labute approximate surface area is 115 Å². The largest absolute Gasteiger partial charge is 0.487 e. The van der Waals surface area contributed by atoms with E-state index in [9.17, 15) is 4.79 Å². The van der Waals surface area contributed by atoms with Crippen molar-refractivity contribution >= 4 is 10.9 Å². The van der Waals surface area contributed by atoms with E-state index in [-0.39, 0.29) is 12.2 Å². The molecule has 2 heterocycles. The maximum absolute atomic E-state index is 12.1. The second-order valence-corrected chi connectivity index (χ2v) is 4.52. The van der Waals surface area contributed by atoms with E-state index in [1.54, 1.807) is 17.9 Å². The topological polar surface area (TPSA) is 75.1 Å². The van der Waals surface area contributed by atoms with Crippen molar-refractivity contribution in [2.24, 2.45) is 7.05 Å². The smallest absolute Gasteiger partial charge is 0.297 e. The van der Waals surface area contributed by atoms with Crippen LogP contribution < -0.4 is 16.1 Å². The van der Waals surface area contributed by atoms with Crippen LogP contribution in [-0.4, -0.2) is 14.5 Å². The van der Waals surface area contributed by atoms with Crippen LogP contribution >= 0.6 is 0 Å². The lowest BCUT2D eigenvalue weighted by atomic mass is 10.2. The molecule has 0 saturated heterocycles. The Bertz CT molecular complexity index is 805. The summed E-state index contributed by atoms with van der Waals surface area (Å²) in [5, 5.41) is 4.85. The van der Waals surface area contributed by atoms with E-state index < -0.39 is 0 Å². The summed E-state index contributed by atoms with van der Waals surface area (Å²) in [6.45, 7) is 0.223. The van der Waals surface area contributed by atoms with Crippen LogP contribution in [0.25, 0.3) is 10.9 Å². The van der Waals surface area contributed by atoms with Crippen LogP contribution in [0.15, 0.2) is 47.4 Å². The van der Waals surface area contributed by atoms with Gasteiger partial charge in [0.1, 0.15) is 12.4 Å². The van der Waals surface area contributed by atoms with Crippen LogP contribution in [-0.2, 0) is 13.7 Å². The number of aryl methyl sites for hydroxylation is 1. The number of hydrogen-bond acceptors (Lipinski definition) is 4. The first-order chi connectivity index (χ1) is 9.65. The Morgan fingerprint density at radius 3 is 2.80 bits per heavy atom. The van der Waals surface area contributed by atoms with Gasteiger partial charge in [-0.05, 0) is 18.2 Å². The van der Waals surface area contributed by atoms with Gasteiger partial charge in [-0.2, -0.15) is 5.10 Å². The predicted octanol–water partition coefficient (Wildman–Crippen LogP) is 1.03. The van der Waals surface area contributed by atoms with Crippen LogP contribution in [0.4, 0.5) is 0 Å². The summed E-state index contributed by atoms with van der Waals surface area (Å²) in [6.07, 6.45) is 1.78. The standard InChI is InChI=1S/C14H14N4O2/c1-17-8-10-7-11(18(15)14(19)13(10)16-17)9-20-12-5-3-2-4-6-12/h2-8H,9,15H2,1H3. The molecule has 0 aliphatic heterocycles. The lowest BCUT2D eigenvalue weighted by Crippen LogP contribution is -2.31. The molecule has 1 aromatic carbocycles. The first-order valence-electron chi connectivity index (χ1n) is 6.16. The monoisotopic (exact) mass is 270 g/mol. The number of aromatic nitrogens is 3. The molecular formula is C14H14N4O2. The second-order valence-electron chi connectivity index (χ2n) is 4.52. The molecule has 2 aromatic heterocycles. The van der Waals surface area contributed by atoms with Gasteiger partial charge in [0, 0.05) is 18.6 Å². The number of para-hydroxylation sites is 1. The highest BCUT2D eigenvalue weighted by molar-refractivity contribution is 5.77. The van der Waals surface area contributed by atoms with Gasteiger partial charge in [-0.15, -0.1) is 0 Å². The fourth-order valence-electron chi connectivity index (χ4n) is 2.06. The molecule has 0 amide bonds. The maximum atomic E-state index is 12.1. The lowest BCUT2D eigenvalue weighted by molar-refractivity contribution is 0.297. The van der Waals surface area contributed by atoms with E-state index in [4.69, 9.17) is 10.6 Å². The van der Waals surface area contributed by atoms with E-state index in [2.05, 4.69) is 5.10 Å². The molecule has 6 nitrogen and oxygen atoms in total. The summed E-state index contributed by atoms with van der Waals surface area (Å²) in [4.78, 5) is 12.1. The van der Waals surface area contributed by atoms with Crippen molar-refractivity contribution < 1.29 is 4.74 Å². The minimum atomic E-state index is -0.324. The number of fused-ring (bicyclic) bond motifs is 1. The zero-order valence-electron chi connectivity index (χ0n) is 11.0. The number of benzene rings is 1. The normalized spacial score (nSPS) is 10.8. The van der Waals surface area contributed by atoms with E-state index in [0.29, 0.717) is 11.2 Å². The second kappa shape index (κ2) is 4.73. The molecule has 102 valence electrons. The Hall–Kier alpha value is -2.76. The summed E-state index contributed by atoms with van der Waals surface area (Å²) < 4.78 is 8.29. The quantitative estimate of drug-likeness (QED) is 0.721. The van der Waals surface area contributed by atoms with E-state index in [1.165, 1.54) is 0 Å². The Morgan fingerprint density at radius 1 is 1.30 bits per heavy atom. The molecule has 3 aromatic rings. The van der Waals surface area contributed by atoms with Crippen molar-refractivity contribution in [1.82, 2.24) is 14.5 Å². The summed E-state index contributed by atoms with van der Waals surface area (Å²) in [5.74, 6) is 6.52. The van der Waals surface area contributed by atoms with Gasteiger partial charge < -0.3 is 10.6 Å². The third kappa shape index (κ3) is 2.11. The van der Waals surface area contributed by atoms with Gasteiger partial charge in [-0.3, -0.25) is 9.48 Å². The number of hydrogen-bond donors (Lipinski definition) is 1. The van der Waals surface area contributed by atoms with Crippen LogP contribution in [0.1, 0.15) is 5.69 Å². The van der Waals surface area contributed by atoms with Gasteiger partial charge in [-0.1, -0.05) is 18.2 Å². The summed E-state index contributed by atoms with van der Waals surface area (Å²) in [5.41, 5.74) is 0.632. The van der Waals surface area contributed by atoms with E-state index in [1.807, 2.05) is 36.4 Å². The Balaban J connectivity index is 1.95. The number of nitrogens with two attached hydrogens (primary N) is 1. The Morgan fingerprint density at radius 2 is 2.05 bits per heavy atom. The predicted molar refractivity (Wildman–Crippen MR) is 75.9 cm³/mol. The maximum Gasteiger partial charge on any atom is 0.297 e. The molecular weight excluding hydrogens is 256 g/mol. The molecule has 0 aliphatic rings. The van der Waals surface area contributed by atoms with Crippen molar-refractivity contribution in [3.63, 3.8) is 0 Å². The summed E-state index contributed by atoms with van der Waals surface area (Å²) in [7, 11) is 1.76. The molecule has 0 saturated carbocycles. The molecule has 0 bridgehead atoms. The van der Waals surface area contributed by atoms with Crippen molar-refractivity contribution in [2.45, 2.75) is 6.61 Å². The highest BCUT2D eigenvalue weighted by Crippen LogP contribution is 2.13. The molecule has 0 fully saturated rings. The van der Waals surface area contributed by atoms with Gasteiger partial charge in [-0.25, -0.2) is 4.68 Å². The van der Waals surface area contributed by atoms with E-state index >= 15 is 0 Å². The number of rotatable bonds is 3. The summed E-state index contributed by atoms with van der Waals surface area (Å²) in [6, 6.07) is 11.2. The zero-order valence-corrected chi connectivity index (χ0v) is 11.0. The van der Waals surface area contributed by atoms with Gasteiger partial charge in [0.05, 0.1) is 5.69 Å². The van der Waals surface area contributed by atoms with Crippen LogP contribution in [0.3, 0.4) is 0 Å². The molecule has 0 atom stereocenters. The number of nitrogens with zero attached hydrogens (tertiary/aromatic N) is 3. The molecule has 3 rings (SSSR count). The van der Waals surface area contributed by atoms with Gasteiger partial charge >= 0.3 is 0 Å². The van der Waals surface area contributed by atoms with Crippen molar-refractivity contribution in [2.75, 3.05) is 5.84 Å². The number of pyridine rings is 1. The average molecular weight is 270 g/mol. The highest BCUT2D eigenvalue weighted by Gasteiger charge is 2.10. The SMILES string of the molecule is Cn1cc2cc(COc3ccccc3)n(N)c(=O)c2n1. The molecule has 0 radical (unpaired) electrons. The molecule has 20 heavy (non-hydrogen) atoms. The van der Waals surface area contributed by atoms with Crippen LogP contribution in [0.5, 0.6) is 5.75 Å². The fraction of sp³-hybridized carbons (Fsp3) is 0.143. The molecule has 0 unspecified atom stereocenters. The van der Waals surface area contributed by atoms with Crippen molar-refractivity contribution in [3.05, 3.63) is 58.6 Å². The highest BCUT2D eigenvalue weighted by atomic mass is 16.5. The van der Waals surface area contributed by atoms with Crippen LogP contribution in [0, 0.1) is 0 Å². The van der Waals surface area contributed by atoms with Crippen molar-refractivity contribution in [1.29, 1.82) is 0 Å². The third-order valence-electron chi connectivity index (χ3n) is 3.04.